The van der Waals surface area contributed by atoms with Crippen molar-refractivity contribution in [2.45, 2.75) is 16.3 Å². The third-order valence-electron chi connectivity index (χ3n) is 3.91. The minimum absolute atomic E-state index is 0.0206. The zero-order chi connectivity index (χ0) is 21.8. The Bertz CT molecular complexity index is 991. The number of amides is 1. The van der Waals surface area contributed by atoms with Crippen molar-refractivity contribution < 1.29 is 35.5 Å². The van der Waals surface area contributed by atoms with Crippen molar-refractivity contribution in [2.24, 2.45) is 0 Å². The molecule has 1 N–H and O–H groups in total. The monoisotopic (exact) mass is 466 g/mol. The summed E-state index contributed by atoms with van der Waals surface area (Å²) >= 11 is 0.767. The number of carbonyl (C=O) groups is 1. The highest BCUT2D eigenvalue weighted by atomic mass is 32.2. The van der Waals surface area contributed by atoms with Gasteiger partial charge in [0.15, 0.2) is 0 Å². The van der Waals surface area contributed by atoms with Crippen LogP contribution in [0, 0.1) is 0 Å². The summed E-state index contributed by atoms with van der Waals surface area (Å²) in [5.41, 5.74) is 0.352. The Hall–Kier alpha value is -2.16. The first-order chi connectivity index (χ1) is 14.1. The number of sulfonamides is 1. The molecule has 14 heteroatoms. The third kappa shape index (κ3) is 5.93. The van der Waals surface area contributed by atoms with Gasteiger partial charge in [0.05, 0.1) is 23.9 Å². The predicted molar refractivity (Wildman–Crippen MR) is 99.1 cm³/mol. The van der Waals surface area contributed by atoms with Crippen molar-refractivity contribution in [2.75, 3.05) is 38.6 Å². The second kappa shape index (κ2) is 9.32. The number of benzene rings is 1. The minimum Gasteiger partial charge on any atom is -0.411 e. The zero-order valence-electron chi connectivity index (χ0n) is 15.4. The summed E-state index contributed by atoms with van der Waals surface area (Å²) in [6, 6.07) is 5.95. The molecule has 1 aliphatic rings. The first-order valence-corrected chi connectivity index (χ1v) is 11.1. The van der Waals surface area contributed by atoms with Gasteiger partial charge in [0.25, 0.3) is 5.22 Å². The lowest BCUT2D eigenvalue weighted by molar-refractivity contribution is -0.136. The van der Waals surface area contributed by atoms with Crippen LogP contribution in [0.15, 0.2) is 38.8 Å². The Morgan fingerprint density at radius 1 is 1.23 bits per heavy atom. The number of carbonyl (C=O) groups excluding carboxylic acids is 1. The lowest BCUT2D eigenvalue weighted by Crippen LogP contribution is -2.40. The highest BCUT2D eigenvalue weighted by Gasteiger charge is 2.28. The Kier molecular flexibility index (Phi) is 7.00. The summed E-state index contributed by atoms with van der Waals surface area (Å²) in [6.45, 7) is -0.278. The number of rotatable bonds is 7. The quantitative estimate of drug-likeness (QED) is 0.611. The van der Waals surface area contributed by atoms with E-state index in [0.717, 1.165) is 11.8 Å². The van der Waals surface area contributed by atoms with Gasteiger partial charge in [-0.15, -0.1) is 10.2 Å². The molecule has 0 bridgehead atoms. The van der Waals surface area contributed by atoms with Gasteiger partial charge in [-0.25, -0.2) is 8.42 Å². The van der Waals surface area contributed by atoms with Crippen LogP contribution >= 0.6 is 11.8 Å². The van der Waals surface area contributed by atoms with Gasteiger partial charge >= 0.3 is 6.18 Å². The van der Waals surface area contributed by atoms with Gasteiger partial charge in [-0.3, -0.25) is 4.79 Å². The molecule has 9 nitrogen and oxygen atoms in total. The highest BCUT2D eigenvalue weighted by molar-refractivity contribution is 7.99. The number of aromatic nitrogens is 2. The Balaban J connectivity index is 1.66. The summed E-state index contributed by atoms with van der Waals surface area (Å²) in [4.78, 5) is 11.5. The van der Waals surface area contributed by atoms with Crippen LogP contribution in [0.2, 0.25) is 0 Å². The average Bonchev–Trinajstić information content (AvgIpc) is 3.20. The van der Waals surface area contributed by atoms with Crippen molar-refractivity contribution in [3.05, 3.63) is 24.3 Å². The molecule has 3 rings (SSSR count). The van der Waals surface area contributed by atoms with Crippen molar-refractivity contribution in [3.63, 3.8) is 0 Å². The topological polar surface area (TPSA) is 115 Å². The van der Waals surface area contributed by atoms with Gasteiger partial charge in [0.1, 0.15) is 6.54 Å². The molecule has 0 radical (unpaired) electrons. The van der Waals surface area contributed by atoms with Crippen LogP contribution in [-0.4, -0.2) is 73.6 Å². The molecule has 2 aromatic rings. The molecule has 2 heterocycles. The summed E-state index contributed by atoms with van der Waals surface area (Å²) in [5.74, 6) is -1.16. The van der Waals surface area contributed by atoms with E-state index in [2.05, 4.69) is 10.2 Å². The fourth-order valence-electron chi connectivity index (χ4n) is 2.49. The summed E-state index contributed by atoms with van der Waals surface area (Å²) < 4.78 is 73.7. The Morgan fingerprint density at radius 2 is 1.97 bits per heavy atom. The third-order valence-corrected chi connectivity index (χ3v) is 6.62. The Labute approximate surface area is 174 Å². The number of nitrogens with one attached hydrogen (secondary N) is 1. The minimum atomic E-state index is -4.50. The molecule has 0 saturated carbocycles. The second-order valence-corrected chi connectivity index (χ2v) is 8.96. The molecule has 1 amide bonds. The molecule has 1 saturated heterocycles. The molecule has 1 aliphatic heterocycles. The number of hydrogen-bond donors (Lipinski definition) is 1. The number of thioether (sulfide) groups is 1. The van der Waals surface area contributed by atoms with Crippen LogP contribution < -0.4 is 5.32 Å². The van der Waals surface area contributed by atoms with Crippen LogP contribution in [0.1, 0.15) is 0 Å². The number of nitrogens with zero attached hydrogens (tertiary/aromatic N) is 3. The lowest BCUT2D eigenvalue weighted by atomic mass is 10.2. The van der Waals surface area contributed by atoms with E-state index >= 15 is 0 Å². The van der Waals surface area contributed by atoms with E-state index in [4.69, 9.17) is 9.15 Å². The van der Waals surface area contributed by atoms with E-state index < -0.39 is 28.7 Å². The fraction of sp³-hybridized carbons (Fsp3) is 0.438. The summed E-state index contributed by atoms with van der Waals surface area (Å²) in [6.07, 6.45) is -4.50. The van der Waals surface area contributed by atoms with Gasteiger partial charge in [0, 0.05) is 18.7 Å². The molecule has 0 atom stereocenters. The fourth-order valence-corrected chi connectivity index (χ4v) is 4.53. The summed E-state index contributed by atoms with van der Waals surface area (Å²) in [7, 11) is -3.71. The number of morpholine rings is 1. The largest absolute Gasteiger partial charge is 0.411 e. The SMILES string of the molecule is O=C(CSc1nnc(-c2cccc(S(=O)(=O)N3CCOCC3)c2)o1)NCC(F)(F)F. The van der Waals surface area contributed by atoms with Gasteiger partial charge in [-0.1, -0.05) is 17.8 Å². The van der Waals surface area contributed by atoms with E-state index in [0.29, 0.717) is 18.8 Å². The van der Waals surface area contributed by atoms with E-state index in [-0.39, 0.29) is 34.9 Å². The molecular weight excluding hydrogens is 449 g/mol. The predicted octanol–water partition coefficient (Wildman–Crippen LogP) is 1.53. The van der Waals surface area contributed by atoms with Gasteiger partial charge in [-0.05, 0) is 18.2 Å². The van der Waals surface area contributed by atoms with Gasteiger partial charge in [0.2, 0.25) is 21.8 Å². The van der Waals surface area contributed by atoms with E-state index in [1.165, 1.54) is 22.5 Å². The number of ether oxygens (including phenoxy) is 1. The maximum absolute atomic E-state index is 12.8. The van der Waals surface area contributed by atoms with Crippen molar-refractivity contribution >= 4 is 27.7 Å². The Morgan fingerprint density at radius 3 is 2.67 bits per heavy atom. The zero-order valence-corrected chi connectivity index (χ0v) is 17.0. The summed E-state index contributed by atoms with van der Waals surface area (Å²) in [5, 5.41) is 9.23. The molecule has 0 spiro atoms. The molecule has 1 aromatic heterocycles. The van der Waals surface area contributed by atoms with Crippen LogP contribution in [0.5, 0.6) is 0 Å². The molecule has 1 fully saturated rings. The number of hydrogen-bond acceptors (Lipinski definition) is 8. The van der Waals surface area contributed by atoms with Gasteiger partial charge < -0.3 is 14.5 Å². The van der Waals surface area contributed by atoms with Crippen molar-refractivity contribution in [3.8, 4) is 11.5 Å². The first-order valence-electron chi connectivity index (χ1n) is 8.63. The van der Waals surface area contributed by atoms with Crippen LogP contribution in [0.25, 0.3) is 11.5 Å². The highest BCUT2D eigenvalue weighted by Crippen LogP contribution is 2.26. The standard InChI is InChI=1S/C16H17F3N4O5S2/c17-16(18,19)10-20-13(24)9-29-15-22-21-14(28-15)11-2-1-3-12(8-11)30(25,26)23-4-6-27-7-5-23/h1-3,8H,4-7,9-10H2,(H,20,24). The molecule has 30 heavy (non-hydrogen) atoms. The van der Waals surface area contributed by atoms with Crippen LogP contribution in [-0.2, 0) is 19.6 Å². The van der Waals surface area contributed by atoms with Crippen molar-refractivity contribution in [1.82, 2.24) is 19.8 Å². The number of halogens is 3. The molecule has 0 unspecified atom stereocenters. The molecule has 0 aliphatic carbocycles. The molecule has 164 valence electrons. The average molecular weight is 466 g/mol. The van der Waals surface area contributed by atoms with Crippen molar-refractivity contribution in [1.29, 1.82) is 0 Å². The van der Waals surface area contributed by atoms with Crippen LogP contribution in [0.4, 0.5) is 13.2 Å². The maximum atomic E-state index is 12.8. The van der Waals surface area contributed by atoms with E-state index in [1.54, 1.807) is 11.4 Å². The number of alkyl halides is 3. The molecule has 1 aromatic carbocycles. The van der Waals surface area contributed by atoms with Gasteiger partial charge in [-0.2, -0.15) is 17.5 Å². The van der Waals surface area contributed by atoms with Crippen LogP contribution in [0.3, 0.4) is 0 Å². The normalized spacial score (nSPS) is 15.8. The maximum Gasteiger partial charge on any atom is 0.405 e. The van der Waals surface area contributed by atoms with E-state index in [9.17, 15) is 26.4 Å². The smallest absolute Gasteiger partial charge is 0.405 e. The molecular formula is C16H17F3N4O5S2. The first kappa shape index (κ1) is 22.5. The second-order valence-electron chi connectivity index (χ2n) is 6.10. The van der Waals surface area contributed by atoms with E-state index in [1.807, 2.05) is 0 Å². The lowest BCUT2D eigenvalue weighted by Gasteiger charge is -2.26.